The molecule has 1 heterocycles. The number of amides is 2. The highest BCUT2D eigenvalue weighted by atomic mass is 32.1. The van der Waals surface area contributed by atoms with Gasteiger partial charge < -0.3 is 10.6 Å². The molecule has 0 unspecified atom stereocenters. The molecule has 2 aromatic rings. The number of benzene rings is 1. The minimum atomic E-state index is -0.479. The topological polar surface area (TPSA) is 70.2 Å². The lowest BCUT2D eigenvalue weighted by Gasteiger charge is -2.18. The molecule has 0 spiro atoms. The lowest BCUT2D eigenvalue weighted by atomic mass is 9.95. The van der Waals surface area contributed by atoms with Crippen molar-refractivity contribution in [2.24, 2.45) is 5.41 Å². The van der Waals surface area contributed by atoms with E-state index in [-0.39, 0.29) is 16.9 Å². The van der Waals surface area contributed by atoms with Crippen LogP contribution in [0.5, 0.6) is 0 Å². The Hall–Kier alpha value is -2.25. The molecule has 2 amide bonds. The van der Waals surface area contributed by atoms with E-state index < -0.39 is 5.41 Å². The summed E-state index contributed by atoms with van der Waals surface area (Å²) >= 11 is 6.49. The number of carbonyl (C=O) groups excluding carboxylic acids is 2. The van der Waals surface area contributed by atoms with E-state index in [2.05, 4.69) is 16.0 Å². The zero-order chi connectivity index (χ0) is 17.7. The molecule has 1 aromatic carbocycles. The number of nitrogens with one attached hydrogen (secondary N) is 3. The van der Waals surface area contributed by atoms with Crippen molar-refractivity contribution in [2.45, 2.75) is 20.8 Å². The predicted molar refractivity (Wildman–Crippen MR) is 103 cm³/mol. The number of carbonyl (C=O) groups is 2. The third kappa shape index (κ3) is 5.14. The molecule has 0 atom stereocenters. The number of rotatable bonds is 3. The van der Waals surface area contributed by atoms with Gasteiger partial charge in [-0.2, -0.15) is 0 Å². The van der Waals surface area contributed by atoms with E-state index in [9.17, 15) is 9.59 Å². The SMILES string of the molecule is CC(C)(C)C(=O)Nc1cccc(NC(=S)NC(=O)c2cccs2)c1. The second-order valence-electron chi connectivity index (χ2n) is 6.17. The summed E-state index contributed by atoms with van der Waals surface area (Å²) in [4.78, 5) is 24.6. The van der Waals surface area contributed by atoms with Crippen molar-refractivity contribution >= 4 is 51.9 Å². The summed E-state index contributed by atoms with van der Waals surface area (Å²) in [6.07, 6.45) is 0. The Morgan fingerprint density at radius 3 is 2.29 bits per heavy atom. The lowest BCUT2D eigenvalue weighted by molar-refractivity contribution is -0.123. The van der Waals surface area contributed by atoms with E-state index in [0.29, 0.717) is 16.3 Å². The quantitative estimate of drug-likeness (QED) is 0.726. The molecule has 126 valence electrons. The van der Waals surface area contributed by atoms with Gasteiger partial charge in [-0.1, -0.05) is 32.9 Å². The maximum Gasteiger partial charge on any atom is 0.267 e. The Morgan fingerprint density at radius 1 is 1.04 bits per heavy atom. The molecular formula is C17H19N3O2S2. The van der Waals surface area contributed by atoms with Crippen molar-refractivity contribution in [2.75, 3.05) is 10.6 Å². The van der Waals surface area contributed by atoms with Gasteiger partial charge in [0.15, 0.2) is 5.11 Å². The van der Waals surface area contributed by atoms with Gasteiger partial charge in [0.25, 0.3) is 5.91 Å². The van der Waals surface area contributed by atoms with Crippen molar-refractivity contribution in [3.63, 3.8) is 0 Å². The first-order valence-corrected chi connectivity index (χ1v) is 8.62. The number of hydrogen-bond donors (Lipinski definition) is 3. The Bertz CT molecular complexity index is 749. The Kier molecular flexibility index (Phi) is 5.69. The van der Waals surface area contributed by atoms with Gasteiger partial charge in [-0.05, 0) is 41.9 Å². The molecule has 0 aliphatic rings. The van der Waals surface area contributed by atoms with Gasteiger partial charge in [0.05, 0.1) is 4.88 Å². The zero-order valence-corrected chi connectivity index (χ0v) is 15.3. The second-order valence-corrected chi connectivity index (χ2v) is 7.53. The molecule has 3 N–H and O–H groups in total. The smallest absolute Gasteiger partial charge is 0.267 e. The van der Waals surface area contributed by atoms with Crippen LogP contribution in [0.2, 0.25) is 0 Å². The van der Waals surface area contributed by atoms with Crippen LogP contribution in [0.4, 0.5) is 11.4 Å². The summed E-state index contributed by atoms with van der Waals surface area (Å²) in [6, 6.07) is 10.7. The summed E-state index contributed by atoms with van der Waals surface area (Å²) in [5.74, 6) is -0.326. The summed E-state index contributed by atoms with van der Waals surface area (Å²) in [5, 5.41) is 10.4. The van der Waals surface area contributed by atoms with Crippen LogP contribution >= 0.6 is 23.6 Å². The van der Waals surface area contributed by atoms with Crippen molar-refractivity contribution in [1.82, 2.24) is 5.32 Å². The van der Waals surface area contributed by atoms with Crippen LogP contribution in [-0.2, 0) is 4.79 Å². The maximum atomic E-state index is 12.0. The molecule has 0 bridgehead atoms. The molecule has 0 saturated carbocycles. The van der Waals surface area contributed by atoms with Crippen molar-refractivity contribution < 1.29 is 9.59 Å². The van der Waals surface area contributed by atoms with Crippen LogP contribution in [0, 0.1) is 5.41 Å². The minimum absolute atomic E-state index is 0.0757. The van der Waals surface area contributed by atoms with Crippen LogP contribution in [0.1, 0.15) is 30.4 Å². The first-order valence-electron chi connectivity index (χ1n) is 7.33. The molecule has 0 fully saturated rings. The number of anilines is 2. The summed E-state index contributed by atoms with van der Waals surface area (Å²) < 4.78 is 0. The fraction of sp³-hybridized carbons (Fsp3) is 0.235. The van der Waals surface area contributed by atoms with Crippen LogP contribution in [0.25, 0.3) is 0 Å². The second kappa shape index (κ2) is 7.55. The van der Waals surface area contributed by atoms with Crippen molar-refractivity contribution in [1.29, 1.82) is 0 Å². The molecule has 0 aliphatic heterocycles. The van der Waals surface area contributed by atoms with Crippen molar-refractivity contribution in [3.8, 4) is 0 Å². The highest BCUT2D eigenvalue weighted by Crippen LogP contribution is 2.20. The number of thiophene rings is 1. The highest BCUT2D eigenvalue weighted by Gasteiger charge is 2.21. The van der Waals surface area contributed by atoms with Gasteiger partial charge >= 0.3 is 0 Å². The molecule has 24 heavy (non-hydrogen) atoms. The Balaban J connectivity index is 1.97. The predicted octanol–water partition coefficient (Wildman–Crippen LogP) is 3.86. The summed E-state index contributed by atoms with van der Waals surface area (Å²) in [6.45, 7) is 5.54. The zero-order valence-electron chi connectivity index (χ0n) is 13.7. The van der Waals surface area contributed by atoms with E-state index in [0.717, 1.165) is 0 Å². The standard InChI is InChI=1S/C17H19N3O2S2/c1-17(2,3)15(22)18-11-6-4-7-12(10-11)19-16(23)20-14(21)13-8-5-9-24-13/h4-10H,1-3H3,(H,18,22)(H2,19,20,21,23). The molecular weight excluding hydrogens is 342 g/mol. The summed E-state index contributed by atoms with van der Waals surface area (Å²) in [7, 11) is 0. The van der Waals surface area contributed by atoms with Crippen molar-refractivity contribution in [3.05, 3.63) is 46.7 Å². The van der Waals surface area contributed by atoms with E-state index >= 15 is 0 Å². The molecule has 0 radical (unpaired) electrons. The fourth-order valence-corrected chi connectivity index (χ4v) is 2.56. The van der Waals surface area contributed by atoms with Gasteiger partial charge in [0.2, 0.25) is 5.91 Å². The third-order valence-corrected chi connectivity index (χ3v) is 4.10. The van der Waals surface area contributed by atoms with Gasteiger partial charge in [-0.15, -0.1) is 11.3 Å². The van der Waals surface area contributed by atoms with Crippen LogP contribution < -0.4 is 16.0 Å². The van der Waals surface area contributed by atoms with Crippen LogP contribution in [0.15, 0.2) is 41.8 Å². The molecule has 1 aromatic heterocycles. The van der Waals surface area contributed by atoms with E-state index in [1.807, 2.05) is 26.2 Å². The lowest BCUT2D eigenvalue weighted by Crippen LogP contribution is -2.33. The molecule has 5 nitrogen and oxygen atoms in total. The first-order chi connectivity index (χ1) is 11.3. The Morgan fingerprint density at radius 2 is 1.71 bits per heavy atom. The van der Waals surface area contributed by atoms with Crippen LogP contribution in [-0.4, -0.2) is 16.9 Å². The molecule has 2 rings (SSSR count). The van der Waals surface area contributed by atoms with E-state index in [1.165, 1.54) is 11.3 Å². The van der Waals surface area contributed by atoms with Gasteiger partial charge in [0.1, 0.15) is 0 Å². The monoisotopic (exact) mass is 361 g/mol. The van der Waals surface area contributed by atoms with Gasteiger partial charge in [-0.3, -0.25) is 14.9 Å². The minimum Gasteiger partial charge on any atom is -0.332 e. The average molecular weight is 361 g/mol. The average Bonchev–Trinajstić information content (AvgIpc) is 3.00. The van der Waals surface area contributed by atoms with E-state index in [4.69, 9.17) is 12.2 Å². The Labute approximate surface area is 150 Å². The highest BCUT2D eigenvalue weighted by molar-refractivity contribution is 7.80. The largest absolute Gasteiger partial charge is 0.332 e. The van der Waals surface area contributed by atoms with E-state index in [1.54, 1.807) is 36.4 Å². The number of thiocarbonyl (C=S) groups is 1. The fourth-order valence-electron chi connectivity index (χ4n) is 1.73. The molecule has 0 aliphatic carbocycles. The van der Waals surface area contributed by atoms with Gasteiger partial charge in [-0.25, -0.2) is 0 Å². The number of hydrogen-bond acceptors (Lipinski definition) is 4. The molecule has 0 saturated heterocycles. The molecule has 7 heteroatoms. The summed E-state index contributed by atoms with van der Waals surface area (Å²) in [5.41, 5.74) is 0.860. The maximum absolute atomic E-state index is 12.0. The van der Waals surface area contributed by atoms with Crippen LogP contribution in [0.3, 0.4) is 0 Å². The first kappa shape index (κ1) is 18.1. The normalized spacial score (nSPS) is 10.8. The third-order valence-electron chi connectivity index (χ3n) is 3.03. The van der Waals surface area contributed by atoms with Gasteiger partial charge in [0, 0.05) is 16.8 Å².